The maximum Gasteiger partial charge on any atom is 0.242 e. The summed E-state index contributed by atoms with van der Waals surface area (Å²) < 4.78 is 0. The first-order valence-electron chi connectivity index (χ1n) is 8.69. The third-order valence-corrected chi connectivity index (χ3v) is 5.36. The Morgan fingerprint density at radius 1 is 1.17 bits per heavy atom. The third-order valence-electron chi connectivity index (χ3n) is 5.36. The van der Waals surface area contributed by atoms with Crippen molar-refractivity contribution >= 4 is 24.2 Å². The minimum Gasteiger partial charge on any atom is -0.337 e. The second-order valence-electron chi connectivity index (χ2n) is 7.35. The summed E-state index contributed by atoms with van der Waals surface area (Å²) in [5.74, 6) is 0.181. The van der Waals surface area contributed by atoms with E-state index in [0.29, 0.717) is 26.1 Å². The highest BCUT2D eigenvalue weighted by atomic mass is 35.5. The lowest BCUT2D eigenvalue weighted by atomic mass is 9.78. The molecule has 1 unspecified atom stereocenters. The molecule has 0 aromatic heterocycles. The number of hydrogen-bond acceptors (Lipinski definition) is 3. The molecule has 5 nitrogen and oxygen atoms in total. The van der Waals surface area contributed by atoms with Crippen molar-refractivity contribution in [2.75, 3.05) is 19.6 Å². The van der Waals surface area contributed by atoms with Crippen LogP contribution in [0, 0.1) is 0 Å². The van der Waals surface area contributed by atoms with E-state index in [-0.39, 0.29) is 29.8 Å². The lowest BCUT2D eigenvalue weighted by molar-refractivity contribution is -0.153. The molecule has 6 heteroatoms. The van der Waals surface area contributed by atoms with E-state index in [0.717, 1.165) is 32.1 Å². The molecule has 2 rings (SSSR count). The Balaban J connectivity index is 0.00000264. The first-order chi connectivity index (χ1) is 10.3. The molecule has 1 aliphatic carbocycles. The molecule has 1 spiro atoms. The SMILES string of the molecule is CCCC(C)(N)C(=O)N1CCN(C(C)=O)C2(CCCCC2)C1.Cl. The van der Waals surface area contributed by atoms with Gasteiger partial charge in [-0.25, -0.2) is 0 Å². The molecule has 1 heterocycles. The van der Waals surface area contributed by atoms with E-state index in [1.54, 1.807) is 6.92 Å². The highest BCUT2D eigenvalue weighted by Crippen LogP contribution is 2.37. The zero-order valence-electron chi connectivity index (χ0n) is 14.8. The standard InChI is InChI=1S/C17H31N3O2.ClH/c1-4-8-16(3,18)15(22)19-11-12-20(14(2)21)17(13-19)9-6-5-7-10-17;/h4-13,18H2,1-3H3;1H. The molecule has 2 fully saturated rings. The van der Waals surface area contributed by atoms with E-state index < -0.39 is 5.54 Å². The van der Waals surface area contributed by atoms with Gasteiger partial charge in [0.2, 0.25) is 11.8 Å². The van der Waals surface area contributed by atoms with Crippen LogP contribution in [0.1, 0.15) is 65.7 Å². The summed E-state index contributed by atoms with van der Waals surface area (Å²) in [7, 11) is 0. The Hall–Kier alpha value is -0.810. The zero-order valence-corrected chi connectivity index (χ0v) is 15.6. The molecule has 134 valence electrons. The van der Waals surface area contributed by atoms with Crippen LogP contribution in [0.3, 0.4) is 0 Å². The van der Waals surface area contributed by atoms with Crippen molar-refractivity contribution in [3.63, 3.8) is 0 Å². The summed E-state index contributed by atoms with van der Waals surface area (Å²) in [5, 5.41) is 0. The van der Waals surface area contributed by atoms with Gasteiger partial charge in [0.05, 0.1) is 11.1 Å². The van der Waals surface area contributed by atoms with Crippen molar-refractivity contribution in [3.8, 4) is 0 Å². The summed E-state index contributed by atoms with van der Waals surface area (Å²) in [6, 6.07) is 0. The molecule has 2 N–H and O–H groups in total. The van der Waals surface area contributed by atoms with E-state index in [1.807, 2.05) is 16.7 Å². The largest absolute Gasteiger partial charge is 0.337 e. The average Bonchev–Trinajstić information content (AvgIpc) is 2.46. The number of nitrogens with zero attached hydrogens (tertiary/aromatic N) is 2. The predicted octanol–water partition coefficient (Wildman–Crippen LogP) is 2.32. The molecule has 1 atom stereocenters. The molecule has 0 aromatic carbocycles. The third kappa shape index (κ3) is 4.18. The number of hydrogen-bond donors (Lipinski definition) is 1. The van der Waals surface area contributed by atoms with Gasteiger partial charge in [-0.05, 0) is 26.2 Å². The first-order valence-corrected chi connectivity index (χ1v) is 8.69. The van der Waals surface area contributed by atoms with E-state index in [4.69, 9.17) is 5.73 Å². The van der Waals surface area contributed by atoms with Crippen LogP contribution in [0.15, 0.2) is 0 Å². The van der Waals surface area contributed by atoms with Gasteiger partial charge in [0, 0.05) is 26.6 Å². The number of nitrogens with two attached hydrogens (primary N) is 1. The summed E-state index contributed by atoms with van der Waals surface area (Å²) >= 11 is 0. The van der Waals surface area contributed by atoms with Crippen molar-refractivity contribution in [3.05, 3.63) is 0 Å². The average molecular weight is 346 g/mol. The predicted molar refractivity (Wildman–Crippen MR) is 94.5 cm³/mol. The number of amides is 2. The minimum atomic E-state index is -0.789. The van der Waals surface area contributed by atoms with Crippen LogP contribution in [-0.2, 0) is 9.59 Å². The van der Waals surface area contributed by atoms with Crippen LogP contribution >= 0.6 is 12.4 Å². The number of carbonyl (C=O) groups excluding carboxylic acids is 2. The van der Waals surface area contributed by atoms with Crippen molar-refractivity contribution < 1.29 is 9.59 Å². The summed E-state index contributed by atoms with van der Waals surface area (Å²) in [4.78, 5) is 28.8. The van der Waals surface area contributed by atoms with Gasteiger partial charge in [-0.1, -0.05) is 32.6 Å². The van der Waals surface area contributed by atoms with Gasteiger partial charge in [0.25, 0.3) is 0 Å². The lowest BCUT2D eigenvalue weighted by Crippen LogP contribution is -2.67. The Labute approximate surface area is 146 Å². The molecule has 2 aliphatic rings. The Morgan fingerprint density at radius 3 is 2.30 bits per heavy atom. The molecule has 0 radical (unpaired) electrons. The fourth-order valence-corrected chi connectivity index (χ4v) is 4.27. The van der Waals surface area contributed by atoms with Gasteiger partial charge in [0.15, 0.2) is 0 Å². The van der Waals surface area contributed by atoms with Crippen molar-refractivity contribution in [2.24, 2.45) is 5.73 Å². The Kier molecular flexibility index (Phi) is 6.90. The van der Waals surface area contributed by atoms with Gasteiger partial charge in [0.1, 0.15) is 0 Å². The van der Waals surface area contributed by atoms with Crippen molar-refractivity contribution in [2.45, 2.75) is 76.8 Å². The highest BCUT2D eigenvalue weighted by Gasteiger charge is 2.46. The minimum absolute atomic E-state index is 0. The molecule has 0 aromatic rings. The molecule has 0 bridgehead atoms. The van der Waals surface area contributed by atoms with Gasteiger partial charge in [-0.2, -0.15) is 0 Å². The smallest absolute Gasteiger partial charge is 0.242 e. The fourth-order valence-electron chi connectivity index (χ4n) is 4.27. The van der Waals surface area contributed by atoms with Gasteiger partial charge < -0.3 is 15.5 Å². The fraction of sp³-hybridized carbons (Fsp3) is 0.882. The summed E-state index contributed by atoms with van der Waals surface area (Å²) in [6.07, 6.45) is 7.12. The molecular formula is C17H32ClN3O2. The lowest BCUT2D eigenvalue weighted by Gasteiger charge is -2.53. The van der Waals surface area contributed by atoms with Crippen LogP contribution in [0.5, 0.6) is 0 Å². The van der Waals surface area contributed by atoms with Gasteiger partial charge in [-0.3, -0.25) is 9.59 Å². The summed E-state index contributed by atoms with van der Waals surface area (Å²) in [6.45, 7) is 7.44. The van der Waals surface area contributed by atoms with E-state index in [2.05, 4.69) is 6.92 Å². The molecule has 1 saturated carbocycles. The maximum absolute atomic E-state index is 12.8. The van der Waals surface area contributed by atoms with Gasteiger partial charge in [-0.15, -0.1) is 12.4 Å². The van der Waals surface area contributed by atoms with E-state index >= 15 is 0 Å². The molecular weight excluding hydrogens is 314 g/mol. The molecule has 2 amide bonds. The second kappa shape index (κ2) is 7.84. The van der Waals surface area contributed by atoms with E-state index in [9.17, 15) is 9.59 Å². The highest BCUT2D eigenvalue weighted by molar-refractivity contribution is 5.86. The van der Waals surface area contributed by atoms with Crippen LogP contribution < -0.4 is 5.73 Å². The molecule has 1 aliphatic heterocycles. The van der Waals surface area contributed by atoms with Crippen molar-refractivity contribution in [1.29, 1.82) is 0 Å². The van der Waals surface area contributed by atoms with Crippen molar-refractivity contribution in [1.82, 2.24) is 9.80 Å². The number of halogens is 1. The number of piperazine rings is 1. The topological polar surface area (TPSA) is 66.6 Å². The monoisotopic (exact) mass is 345 g/mol. The maximum atomic E-state index is 12.8. The normalized spacial score (nSPS) is 23.1. The first kappa shape index (κ1) is 20.2. The quantitative estimate of drug-likeness (QED) is 0.853. The number of carbonyl (C=O) groups is 2. The van der Waals surface area contributed by atoms with Gasteiger partial charge >= 0.3 is 0 Å². The Morgan fingerprint density at radius 2 is 1.78 bits per heavy atom. The molecule has 23 heavy (non-hydrogen) atoms. The zero-order chi connectivity index (χ0) is 16.4. The van der Waals surface area contributed by atoms with Crippen LogP contribution in [-0.4, -0.2) is 52.3 Å². The van der Waals surface area contributed by atoms with Crippen LogP contribution in [0.2, 0.25) is 0 Å². The molecule has 1 saturated heterocycles. The summed E-state index contributed by atoms with van der Waals surface area (Å²) in [5.41, 5.74) is 5.30. The second-order valence-corrected chi connectivity index (χ2v) is 7.35. The van der Waals surface area contributed by atoms with E-state index in [1.165, 1.54) is 6.42 Å². The Bertz CT molecular complexity index is 434. The van der Waals surface area contributed by atoms with Crippen LogP contribution in [0.4, 0.5) is 0 Å². The van der Waals surface area contributed by atoms with Crippen LogP contribution in [0.25, 0.3) is 0 Å². The number of rotatable bonds is 3.